The summed E-state index contributed by atoms with van der Waals surface area (Å²) < 4.78 is 6.07. The third-order valence-electron chi connectivity index (χ3n) is 3.56. The number of hydrogen-bond donors (Lipinski definition) is 1. The van der Waals surface area contributed by atoms with Crippen LogP contribution in [0.3, 0.4) is 0 Å². The van der Waals surface area contributed by atoms with Gasteiger partial charge in [0.2, 0.25) is 0 Å². The van der Waals surface area contributed by atoms with Crippen molar-refractivity contribution in [3.63, 3.8) is 0 Å². The van der Waals surface area contributed by atoms with Gasteiger partial charge in [-0.15, -0.1) is 23.1 Å². The highest BCUT2D eigenvalue weighted by Crippen LogP contribution is 2.41. The topological polar surface area (TPSA) is 55.6 Å². The van der Waals surface area contributed by atoms with E-state index in [9.17, 15) is 4.79 Å². The van der Waals surface area contributed by atoms with E-state index < -0.39 is 6.09 Å². The average molecular weight is 332 g/mol. The highest BCUT2D eigenvalue weighted by molar-refractivity contribution is 8.00. The Labute approximate surface area is 137 Å². The molecule has 0 aliphatic carbocycles. The number of rotatable bonds is 2. The van der Waals surface area contributed by atoms with Gasteiger partial charge in [-0.3, -0.25) is 4.90 Å². The molecule has 1 aliphatic rings. The second kappa shape index (κ2) is 6.06. The second-order valence-corrected chi connectivity index (χ2v) is 7.03. The SMILES string of the molecule is COC(=O)N1Cc2sc(SC)cc2C(c2ccccc2)=C1N. The van der Waals surface area contributed by atoms with Crippen molar-refractivity contribution in [1.29, 1.82) is 0 Å². The summed E-state index contributed by atoms with van der Waals surface area (Å²) in [6.07, 6.45) is 1.61. The molecule has 0 spiro atoms. The summed E-state index contributed by atoms with van der Waals surface area (Å²) in [5, 5.41) is 0. The van der Waals surface area contributed by atoms with Crippen LogP contribution < -0.4 is 5.73 Å². The molecule has 2 aromatic rings. The van der Waals surface area contributed by atoms with Crippen molar-refractivity contribution in [2.75, 3.05) is 13.4 Å². The summed E-state index contributed by atoms with van der Waals surface area (Å²) in [6, 6.07) is 12.0. The number of carbonyl (C=O) groups is 1. The van der Waals surface area contributed by atoms with Crippen LogP contribution in [0.1, 0.15) is 16.0 Å². The van der Waals surface area contributed by atoms with E-state index in [2.05, 4.69) is 6.07 Å². The van der Waals surface area contributed by atoms with Gasteiger partial charge in [0.05, 0.1) is 17.9 Å². The van der Waals surface area contributed by atoms with Gasteiger partial charge in [-0.2, -0.15) is 0 Å². The van der Waals surface area contributed by atoms with Crippen molar-refractivity contribution in [3.8, 4) is 0 Å². The third kappa shape index (κ3) is 2.48. The third-order valence-corrected chi connectivity index (χ3v) is 5.75. The normalized spacial score (nSPS) is 14.0. The molecular formula is C16H16N2O2S2. The van der Waals surface area contributed by atoms with Gasteiger partial charge in [0, 0.05) is 16.0 Å². The van der Waals surface area contributed by atoms with Crippen LogP contribution in [-0.4, -0.2) is 24.4 Å². The molecule has 1 aromatic carbocycles. The molecule has 6 heteroatoms. The van der Waals surface area contributed by atoms with Crippen LogP contribution in [0.4, 0.5) is 4.79 Å². The van der Waals surface area contributed by atoms with Crippen molar-refractivity contribution in [3.05, 3.63) is 58.2 Å². The molecular weight excluding hydrogens is 316 g/mol. The minimum atomic E-state index is -0.435. The Morgan fingerprint density at radius 2 is 2.09 bits per heavy atom. The zero-order valence-electron chi connectivity index (χ0n) is 12.3. The van der Waals surface area contributed by atoms with Crippen LogP contribution in [0.25, 0.3) is 5.57 Å². The van der Waals surface area contributed by atoms with Gasteiger partial charge < -0.3 is 10.5 Å². The maximum atomic E-state index is 12.0. The first-order chi connectivity index (χ1) is 10.7. The first-order valence-corrected chi connectivity index (χ1v) is 8.77. The molecule has 0 atom stereocenters. The molecule has 1 aromatic heterocycles. The number of benzene rings is 1. The summed E-state index contributed by atoms with van der Waals surface area (Å²) in [6.45, 7) is 0.454. The van der Waals surface area contributed by atoms with E-state index in [1.165, 1.54) is 16.2 Å². The summed E-state index contributed by atoms with van der Waals surface area (Å²) >= 11 is 3.39. The molecule has 0 bridgehead atoms. The van der Waals surface area contributed by atoms with Crippen LogP contribution in [0.5, 0.6) is 0 Å². The number of thiophene rings is 1. The Kier molecular flexibility index (Phi) is 4.13. The molecule has 2 N–H and O–H groups in total. The molecule has 1 aliphatic heterocycles. The number of methoxy groups -OCH3 is 1. The molecule has 0 fully saturated rings. The number of nitrogens with two attached hydrogens (primary N) is 1. The number of amides is 1. The predicted octanol–water partition coefficient (Wildman–Crippen LogP) is 3.73. The lowest BCUT2D eigenvalue weighted by Crippen LogP contribution is -2.36. The van der Waals surface area contributed by atoms with Crippen LogP contribution in [0.15, 0.2) is 46.4 Å². The predicted molar refractivity (Wildman–Crippen MR) is 90.7 cm³/mol. The zero-order valence-corrected chi connectivity index (χ0v) is 14.0. The number of carbonyl (C=O) groups excluding carboxylic acids is 1. The van der Waals surface area contributed by atoms with Gasteiger partial charge in [-0.05, 0) is 17.9 Å². The molecule has 0 unspecified atom stereocenters. The molecule has 1 amide bonds. The standard InChI is InChI=1S/C16H16N2O2S2/c1-20-16(19)18-9-12-11(8-13(21-2)22-12)14(15(18)17)10-6-4-3-5-7-10/h3-8H,9,17H2,1-2H3. The van der Waals surface area contributed by atoms with Gasteiger partial charge in [0.25, 0.3) is 0 Å². The fourth-order valence-electron chi connectivity index (χ4n) is 2.52. The molecule has 114 valence electrons. The lowest BCUT2D eigenvalue weighted by Gasteiger charge is -2.28. The quantitative estimate of drug-likeness (QED) is 0.852. The number of fused-ring (bicyclic) bond motifs is 1. The van der Waals surface area contributed by atoms with Crippen LogP contribution in [0, 0.1) is 0 Å². The zero-order chi connectivity index (χ0) is 15.7. The van der Waals surface area contributed by atoms with Gasteiger partial charge >= 0.3 is 6.09 Å². The summed E-state index contributed by atoms with van der Waals surface area (Å²) in [5.74, 6) is 0.441. The molecule has 0 radical (unpaired) electrons. The molecule has 22 heavy (non-hydrogen) atoms. The number of thioether (sulfide) groups is 1. The first kappa shape index (κ1) is 15.0. The minimum absolute atomic E-state index is 0.435. The van der Waals surface area contributed by atoms with Gasteiger partial charge in [-0.1, -0.05) is 30.3 Å². The Hall–Kier alpha value is -1.92. The highest BCUT2D eigenvalue weighted by atomic mass is 32.2. The fraction of sp³-hybridized carbons (Fsp3) is 0.188. The van der Waals surface area contributed by atoms with E-state index in [1.54, 1.807) is 23.1 Å². The monoisotopic (exact) mass is 332 g/mol. The summed E-state index contributed by atoms with van der Waals surface area (Å²) in [7, 11) is 1.37. The van der Waals surface area contributed by atoms with Crippen molar-refractivity contribution < 1.29 is 9.53 Å². The van der Waals surface area contributed by atoms with Crippen molar-refractivity contribution >= 4 is 34.8 Å². The maximum absolute atomic E-state index is 12.0. The van der Waals surface area contributed by atoms with Crippen molar-refractivity contribution in [1.82, 2.24) is 4.90 Å². The van der Waals surface area contributed by atoms with E-state index >= 15 is 0 Å². The lowest BCUT2D eigenvalue weighted by molar-refractivity contribution is 0.133. The van der Waals surface area contributed by atoms with Gasteiger partial charge in [0.1, 0.15) is 5.82 Å². The largest absolute Gasteiger partial charge is 0.452 e. The van der Waals surface area contributed by atoms with E-state index in [-0.39, 0.29) is 0 Å². The van der Waals surface area contributed by atoms with Crippen LogP contribution in [-0.2, 0) is 11.3 Å². The molecule has 2 heterocycles. The van der Waals surface area contributed by atoms with E-state index in [1.807, 2.05) is 36.6 Å². The van der Waals surface area contributed by atoms with Crippen molar-refractivity contribution in [2.45, 2.75) is 10.8 Å². The lowest BCUT2D eigenvalue weighted by atomic mass is 9.95. The average Bonchev–Trinajstić information content (AvgIpc) is 2.97. The second-order valence-electron chi connectivity index (χ2n) is 4.79. The fourth-order valence-corrected chi connectivity index (χ4v) is 4.27. The Balaban J connectivity index is 2.19. The van der Waals surface area contributed by atoms with E-state index in [0.717, 1.165) is 21.6 Å². The van der Waals surface area contributed by atoms with E-state index in [0.29, 0.717) is 12.4 Å². The number of nitrogens with zero attached hydrogens (tertiary/aromatic N) is 1. The molecule has 0 saturated carbocycles. The number of hydrogen-bond acceptors (Lipinski definition) is 5. The maximum Gasteiger partial charge on any atom is 0.415 e. The highest BCUT2D eigenvalue weighted by Gasteiger charge is 2.30. The summed E-state index contributed by atoms with van der Waals surface area (Å²) in [5.41, 5.74) is 9.30. The number of ether oxygens (including phenoxy) is 1. The smallest absolute Gasteiger partial charge is 0.415 e. The molecule has 0 saturated heterocycles. The molecule has 3 rings (SSSR count). The first-order valence-electron chi connectivity index (χ1n) is 6.73. The van der Waals surface area contributed by atoms with E-state index in [4.69, 9.17) is 10.5 Å². The summed E-state index contributed by atoms with van der Waals surface area (Å²) in [4.78, 5) is 14.6. The van der Waals surface area contributed by atoms with Crippen LogP contribution >= 0.6 is 23.1 Å². The Morgan fingerprint density at radius 1 is 1.36 bits per heavy atom. The van der Waals surface area contributed by atoms with Gasteiger partial charge in [0.15, 0.2) is 0 Å². The molecule has 4 nitrogen and oxygen atoms in total. The Morgan fingerprint density at radius 3 is 2.73 bits per heavy atom. The minimum Gasteiger partial charge on any atom is -0.452 e. The van der Waals surface area contributed by atoms with Gasteiger partial charge in [-0.25, -0.2) is 4.79 Å². The Bertz CT molecular complexity index is 738. The van der Waals surface area contributed by atoms with Crippen molar-refractivity contribution in [2.24, 2.45) is 5.73 Å². The van der Waals surface area contributed by atoms with Crippen LogP contribution in [0.2, 0.25) is 0 Å².